The Morgan fingerprint density at radius 2 is 1.96 bits per heavy atom. The van der Waals surface area contributed by atoms with Crippen molar-refractivity contribution in [3.8, 4) is 0 Å². The molecular weight excluding hydrogens is 292 g/mol. The van der Waals surface area contributed by atoms with Crippen molar-refractivity contribution in [2.24, 2.45) is 0 Å². The number of amides is 2. The highest BCUT2D eigenvalue weighted by atomic mass is 16.3. The molecule has 1 saturated heterocycles. The first kappa shape index (κ1) is 18.0. The Bertz CT molecular complexity index is 426. The molecule has 23 heavy (non-hydrogen) atoms. The maximum absolute atomic E-state index is 12.0. The van der Waals surface area contributed by atoms with E-state index in [-0.39, 0.29) is 30.8 Å². The molecule has 1 aliphatic carbocycles. The Hall–Kier alpha value is -1.36. The van der Waals surface area contributed by atoms with Gasteiger partial charge in [-0.05, 0) is 44.9 Å². The molecule has 5 nitrogen and oxygen atoms in total. The highest BCUT2D eigenvalue weighted by Crippen LogP contribution is 2.19. The SMILES string of the molecule is O=C(CCC(=O)N1CCC(O)CC1)NCCC1=CCCCCC1. The molecule has 5 heteroatoms. The standard InChI is InChI=1S/C18H30N2O3/c21-16-10-13-20(14-11-16)18(23)8-7-17(22)19-12-9-15-5-3-1-2-4-6-15/h5,16,21H,1-4,6-14H2,(H,19,22). The molecule has 0 aromatic heterocycles. The number of nitrogens with zero attached hydrogens (tertiary/aromatic N) is 1. The molecule has 0 atom stereocenters. The quantitative estimate of drug-likeness (QED) is 0.736. The van der Waals surface area contributed by atoms with Gasteiger partial charge in [-0.1, -0.05) is 18.1 Å². The first-order chi connectivity index (χ1) is 11.1. The topological polar surface area (TPSA) is 69.6 Å². The van der Waals surface area contributed by atoms with Crippen LogP contribution < -0.4 is 5.32 Å². The summed E-state index contributed by atoms with van der Waals surface area (Å²) in [5.41, 5.74) is 1.46. The first-order valence-corrected chi connectivity index (χ1v) is 9.05. The highest BCUT2D eigenvalue weighted by Gasteiger charge is 2.21. The zero-order chi connectivity index (χ0) is 16.5. The van der Waals surface area contributed by atoms with E-state index in [1.54, 1.807) is 4.90 Å². The van der Waals surface area contributed by atoms with Gasteiger partial charge in [-0.3, -0.25) is 9.59 Å². The van der Waals surface area contributed by atoms with Gasteiger partial charge in [-0.15, -0.1) is 0 Å². The van der Waals surface area contributed by atoms with E-state index in [1.807, 2.05) is 0 Å². The zero-order valence-corrected chi connectivity index (χ0v) is 14.1. The minimum Gasteiger partial charge on any atom is -0.393 e. The molecule has 2 aliphatic rings. The lowest BCUT2D eigenvalue weighted by Gasteiger charge is -2.29. The van der Waals surface area contributed by atoms with E-state index >= 15 is 0 Å². The van der Waals surface area contributed by atoms with Crippen LogP contribution in [0.25, 0.3) is 0 Å². The summed E-state index contributed by atoms with van der Waals surface area (Å²) in [6.45, 7) is 1.89. The number of hydrogen-bond donors (Lipinski definition) is 2. The van der Waals surface area contributed by atoms with Gasteiger partial charge in [0, 0.05) is 32.5 Å². The number of carbonyl (C=O) groups is 2. The van der Waals surface area contributed by atoms with Gasteiger partial charge in [-0.25, -0.2) is 0 Å². The Kier molecular flexibility index (Phi) is 7.59. The number of carbonyl (C=O) groups excluding carboxylic acids is 2. The van der Waals surface area contributed by atoms with Gasteiger partial charge in [0.1, 0.15) is 0 Å². The Morgan fingerprint density at radius 1 is 1.17 bits per heavy atom. The Balaban J connectivity index is 1.57. The summed E-state index contributed by atoms with van der Waals surface area (Å²) in [7, 11) is 0. The second kappa shape index (κ2) is 9.71. The number of aliphatic hydroxyl groups excluding tert-OH is 1. The summed E-state index contributed by atoms with van der Waals surface area (Å²) >= 11 is 0. The predicted octanol–water partition coefficient (Wildman–Crippen LogP) is 2.15. The summed E-state index contributed by atoms with van der Waals surface area (Å²) in [6, 6.07) is 0. The molecule has 130 valence electrons. The largest absolute Gasteiger partial charge is 0.393 e. The molecule has 2 N–H and O–H groups in total. The number of piperidine rings is 1. The number of hydrogen-bond acceptors (Lipinski definition) is 3. The van der Waals surface area contributed by atoms with E-state index < -0.39 is 0 Å². The molecular formula is C18H30N2O3. The molecule has 0 bridgehead atoms. The number of aliphatic hydroxyl groups is 1. The van der Waals surface area contributed by atoms with Crippen molar-refractivity contribution in [1.82, 2.24) is 10.2 Å². The molecule has 2 rings (SSSR count). The minimum absolute atomic E-state index is 0.0264. The summed E-state index contributed by atoms with van der Waals surface area (Å²) < 4.78 is 0. The zero-order valence-electron chi connectivity index (χ0n) is 14.1. The molecule has 1 heterocycles. The van der Waals surface area contributed by atoms with E-state index in [0.717, 1.165) is 12.8 Å². The van der Waals surface area contributed by atoms with Crippen LogP contribution >= 0.6 is 0 Å². The van der Waals surface area contributed by atoms with Gasteiger partial charge >= 0.3 is 0 Å². The average molecular weight is 322 g/mol. The van der Waals surface area contributed by atoms with Crippen molar-refractivity contribution in [1.29, 1.82) is 0 Å². The fourth-order valence-corrected chi connectivity index (χ4v) is 3.25. The van der Waals surface area contributed by atoms with Crippen molar-refractivity contribution >= 4 is 11.8 Å². The molecule has 0 saturated carbocycles. The third-order valence-electron chi connectivity index (χ3n) is 4.79. The van der Waals surface area contributed by atoms with E-state index in [2.05, 4.69) is 11.4 Å². The van der Waals surface area contributed by atoms with Crippen LogP contribution in [-0.2, 0) is 9.59 Å². The summed E-state index contributed by atoms with van der Waals surface area (Å²) in [5, 5.41) is 12.4. The molecule has 1 fully saturated rings. The number of likely N-dealkylation sites (tertiary alicyclic amines) is 1. The average Bonchev–Trinajstić information content (AvgIpc) is 2.82. The number of nitrogens with one attached hydrogen (secondary N) is 1. The first-order valence-electron chi connectivity index (χ1n) is 9.05. The summed E-state index contributed by atoms with van der Waals surface area (Å²) in [5.74, 6) is -0.0110. The fraction of sp³-hybridized carbons (Fsp3) is 0.778. The van der Waals surface area contributed by atoms with Crippen molar-refractivity contribution in [3.05, 3.63) is 11.6 Å². The van der Waals surface area contributed by atoms with Crippen molar-refractivity contribution in [2.45, 2.75) is 70.3 Å². The number of allylic oxidation sites excluding steroid dienone is 1. The molecule has 1 aliphatic heterocycles. The van der Waals surface area contributed by atoms with Gasteiger partial charge in [0.15, 0.2) is 0 Å². The maximum atomic E-state index is 12.0. The highest BCUT2D eigenvalue weighted by molar-refractivity contribution is 5.83. The molecule has 0 aromatic rings. The molecule has 0 spiro atoms. The van der Waals surface area contributed by atoms with E-state index in [1.165, 1.54) is 31.3 Å². The lowest BCUT2D eigenvalue weighted by molar-refractivity contribution is -0.135. The van der Waals surface area contributed by atoms with Crippen LogP contribution in [0.4, 0.5) is 0 Å². The monoisotopic (exact) mass is 322 g/mol. The second-order valence-corrected chi connectivity index (χ2v) is 6.67. The summed E-state index contributed by atoms with van der Waals surface area (Å²) in [6.07, 6.45) is 11.0. The van der Waals surface area contributed by atoms with Gasteiger partial charge < -0.3 is 15.3 Å². The van der Waals surface area contributed by atoms with Crippen LogP contribution in [0.15, 0.2) is 11.6 Å². The number of rotatable bonds is 6. The third kappa shape index (κ3) is 6.73. The predicted molar refractivity (Wildman–Crippen MR) is 89.8 cm³/mol. The van der Waals surface area contributed by atoms with Crippen LogP contribution in [-0.4, -0.2) is 47.6 Å². The van der Waals surface area contributed by atoms with Crippen LogP contribution in [0.5, 0.6) is 0 Å². The van der Waals surface area contributed by atoms with E-state index in [0.29, 0.717) is 32.5 Å². The minimum atomic E-state index is -0.277. The van der Waals surface area contributed by atoms with Gasteiger partial charge in [-0.2, -0.15) is 0 Å². The van der Waals surface area contributed by atoms with Crippen LogP contribution in [0, 0.1) is 0 Å². The molecule has 0 aromatic carbocycles. The van der Waals surface area contributed by atoms with Gasteiger partial charge in [0.25, 0.3) is 0 Å². The smallest absolute Gasteiger partial charge is 0.223 e. The summed E-state index contributed by atoms with van der Waals surface area (Å²) in [4.78, 5) is 25.6. The van der Waals surface area contributed by atoms with Crippen molar-refractivity contribution < 1.29 is 14.7 Å². The Morgan fingerprint density at radius 3 is 2.74 bits per heavy atom. The van der Waals surface area contributed by atoms with Crippen LogP contribution in [0.1, 0.15) is 64.2 Å². The third-order valence-corrected chi connectivity index (χ3v) is 4.79. The maximum Gasteiger partial charge on any atom is 0.223 e. The van der Waals surface area contributed by atoms with E-state index in [9.17, 15) is 14.7 Å². The lowest BCUT2D eigenvalue weighted by Crippen LogP contribution is -2.40. The second-order valence-electron chi connectivity index (χ2n) is 6.67. The van der Waals surface area contributed by atoms with Crippen molar-refractivity contribution in [3.63, 3.8) is 0 Å². The Labute approximate surface area is 139 Å². The van der Waals surface area contributed by atoms with Crippen molar-refractivity contribution in [2.75, 3.05) is 19.6 Å². The van der Waals surface area contributed by atoms with E-state index in [4.69, 9.17) is 0 Å². The fourth-order valence-electron chi connectivity index (χ4n) is 3.25. The molecule has 0 radical (unpaired) electrons. The molecule has 2 amide bonds. The van der Waals surface area contributed by atoms with Gasteiger partial charge in [0.2, 0.25) is 11.8 Å². The van der Waals surface area contributed by atoms with Crippen LogP contribution in [0.2, 0.25) is 0 Å². The molecule has 0 unspecified atom stereocenters. The van der Waals surface area contributed by atoms with Gasteiger partial charge in [0.05, 0.1) is 6.10 Å². The van der Waals surface area contributed by atoms with Crippen LogP contribution in [0.3, 0.4) is 0 Å². The normalized spacial score (nSPS) is 19.9. The lowest BCUT2D eigenvalue weighted by atomic mass is 10.1.